The second-order valence-electron chi connectivity index (χ2n) is 4.01. The third-order valence-electron chi connectivity index (χ3n) is 2.58. The van der Waals surface area contributed by atoms with Crippen LogP contribution in [0.2, 0.25) is 0 Å². The summed E-state index contributed by atoms with van der Waals surface area (Å²) in [6, 6.07) is 6.64. The molecule has 0 aliphatic rings. The molecule has 0 spiro atoms. The number of nitrogens with two attached hydrogens (primary N) is 1. The molecular weight excluding hydrogens is 246 g/mol. The van der Waals surface area contributed by atoms with Gasteiger partial charge in [0.25, 0.3) is 0 Å². The Hall–Kier alpha value is -2.50. The van der Waals surface area contributed by atoms with E-state index in [-0.39, 0.29) is 0 Å². The Morgan fingerprint density at radius 3 is 2.79 bits per heavy atom. The minimum absolute atomic E-state index is 0.322. The molecule has 100 valence electrons. The number of anilines is 1. The van der Waals surface area contributed by atoms with E-state index < -0.39 is 5.97 Å². The first-order chi connectivity index (χ1) is 9.10. The van der Waals surface area contributed by atoms with Crippen LogP contribution in [0.1, 0.15) is 16.1 Å². The minimum Gasteiger partial charge on any atom is -0.485 e. The maximum Gasteiger partial charge on any atom is 0.337 e. The van der Waals surface area contributed by atoms with Crippen molar-refractivity contribution in [3.8, 4) is 5.75 Å². The predicted octanol–water partition coefficient (Wildman–Crippen LogP) is 1.37. The zero-order valence-corrected chi connectivity index (χ0v) is 10.8. The molecule has 0 saturated heterocycles. The maximum atomic E-state index is 11.3. The lowest BCUT2D eigenvalue weighted by Crippen LogP contribution is -2.04. The van der Waals surface area contributed by atoms with Crippen molar-refractivity contribution in [1.82, 2.24) is 9.78 Å². The highest BCUT2D eigenvalue weighted by atomic mass is 16.5. The average Bonchev–Trinajstić information content (AvgIpc) is 2.82. The van der Waals surface area contributed by atoms with Gasteiger partial charge in [-0.2, -0.15) is 5.10 Å². The van der Waals surface area contributed by atoms with Gasteiger partial charge in [-0.1, -0.05) is 0 Å². The number of benzene rings is 1. The number of ether oxygens (including phenoxy) is 2. The highest BCUT2D eigenvalue weighted by Gasteiger charge is 2.09. The van der Waals surface area contributed by atoms with Crippen molar-refractivity contribution in [3.63, 3.8) is 0 Å². The molecule has 0 saturated carbocycles. The summed E-state index contributed by atoms with van der Waals surface area (Å²) in [6.07, 6.45) is 1.84. The Kier molecular flexibility index (Phi) is 3.70. The molecule has 1 aromatic heterocycles. The Morgan fingerprint density at radius 2 is 2.21 bits per heavy atom. The second-order valence-corrected chi connectivity index (χ2v) is 4.01. The van der Waals surface area contributed by atoms with Crippen molar-refractivity contribution < 1.29 is 14.3 Å². The molecule has 0 unspecified atom stereocenters. The van der Waals surface area contributed by atoms with E-state index in [0.717, 1.165) is 5.69 Å². The first-order valence-corrected chi connectivity index (χ1v) is 5.69. The Balaban J connectivity index is 2.07. The number of nitrogens with zero attached hydrogens (tertiary/aromatic N) is 2. The number of carbonyl (C=O) groups excluding carboxylic acids is 1. The lowest BCUT2D eigenvalue weighted by atomic mass is 10.2. The molecule has 0 fully saturated rings. The summed E-state index contributed by atoms with van der Waals surface area (Å²) in [5.41, 5.74) is 7.41. The molecule has 0 aliphatic carbocycles. The molecule has 0 atom stereocenters. The molecule has 0 amide bonds. The molecule has 19 heavy (non-hydrogen) atoms. The molecule has 2 N–H and O–H groups in total. The van der Waals surface area contributed by atoms with Crippen molar-refractivity contribution in [3.05, 3.63) is 41.7 Å². The highest BCUT2D eigenvalue weighted by Crippen LogP contribution is 2.23. The minimum atomic E-state index is -0.428. The topological polar surface area (TPSA) is 79.4 Å². The van der Waals surface area contributed by atoms with Crippen LogP contribution < -0.4 is 10.5 Å². The quantitative estimate of drug-likeness (QED) is 0.664. The number of hydrogen-bond donors (Lipinski definition) is 1. The van der Waals surface area contributed by atoms with Crippen LogP contribution in [0.15, 0.2) is 30.5 Å². The molecule has 0 radical (unpaired) electrons. The number of methoxy groups -OCH3 is 1. The van der Waals surface area contributed by atoms with E-state index >= 15 is 0 Å². The van der Waals surface area contributed by atoms with E-state index in [4.69, 9.17) is 10.5 Å². The second kappa shape index (κ2) is 5.43. The third kappa shape index (κ3) is 3.04. The summed E-state index contributed by atoms with van der Waals surface area (Å²) in [5.74, 6) is 0.0845. The Bertz CT molecular complexity index is 593. The van der Waals surface area contributed by atoms with Crippen molar-refractivity contribution in [1.29, 1.82) is 0 Å². The molecule has 1 aromatic carbocycles. The van der Waals surface area contributed by atoms with Crippen molar-refractivity contribution in [2.24, 2.45) is 7.05 Å². The maximum absolute atomic E-state index is 11.3. The van der Waals surface area contributed by atoms with Crippen LogP contribution in [0.4, 0.5) is 5.69 Å². The number of aromatic nitrogens is 2. The van der Waals surface area contributed by atoms with E-state index in [1.807, 2.05) is 19.3 Å². The monoisotopic (exact) mass is 261 g/mol. The average molecular weight is 261 g/mol. The van der Waals surface area contributed by atoms with Crippen LogP contribution >= 0.6 is 0 Å². The zero-order chi connectivity index (χ0) is 13.8. The molecule has 2 aromatic rings. The predicted molar refractivity (Wildman–Crippen MR) is 69.7 cm³/mol. The number of aryl methyl sites for hydroxylation is 1. The summed E-state index contributed by atoms with van der Waals surface area (Å²) >= 11 is 0. The van der Waals surface area contributed by atoms with Gasteiger partial charge in [-0.05, 0) is 24.3 Å². The van der Waals surface area contributed by atoms with Gasteiger partial charge < -0.3 is 15.2 Å². The SMILES string of the molecule is COC(=O)c1ccc(OCc2ccn(C)n2)c(N)c1. The summed E-state index contributed by atoms with van der Waals surface area (Å²) in [7, 11) is 3.16. The lowest BCUT2D eigenvalue weighted by molar-refractivity contribution is 0.0600. The zero-order valence-electron chi connectivity index (χ0n) is 10.8. The van der Waals surface area contributed by atoms with Gasteiger partial charge in [-0.3, -0.25) is 4.68 Å². The summed E-state index contributed by atoms with van der Waals surface area (Å²) < 4.78 is 11.9. The van der Waals surface area contributed by atoms with E-state index in [9.17, 15) is 4.79 Å². The number of carbonyl (C=O) groups is 1. The summed E-state index contributed by atoms with van der Waals surface area (Å²) in [6.45, 7) is 0.322. The van der Waals surface area contributed by atoms with E-state index in [2.05, 4.69) is 9.84 Å². The first-order valence-electron chi connectivity index (χ1n) is 5.69. The van der Waals surface area contributed by atoms with Gasteiger partial charge in [0.1, 0.15) is 12.4 Å². The first kappa shape index (κ1) is 12.9. The summed E-state index contributed by atoms with van der Waals surface area (Å²) in [5, 5.41) is 4.19. The van der Waals surface area contributed by atoms with Crippen molar-refractivity contribution >= 4 is 11.7 Å². The Morgan fingerprint density at radius 1 is 1.42 bits per heavy atom. The third-order valence-corrected chi connectivity index (χ3v) is 2.58. The molecule has 1 heterocycles. The van der Waals surface area contributed by atoms with Gasteiger partial charge in [0.05, 0.1) is 24.1 Å². The molecule has 0 aliphatic heterocycles. The number of hydrogen-bond acceptors (Lipinski definition) is 5. The van der Waals surface area contributed by atoms with Crippen LogP contribution in [0, 0.1) is 0 Å². The largest absolute Gasteiger partial charge is 0.485 e. The van der Waals surface area contributed by atoms with Crippen LogP contribution in [-0.4, -0.2) is 22.9 Å². The van der Waals surface area contributed by atoms with Gasteiger partial charge in [-0.25, -0.2) is 4.79 Å². The van der Waals surface area contributed by atoms with Gasteiger partial charge in [0.2, 0.25) is 0 Å². The van der Waals surface area contributed by atoms with Crippen LogP contribution in [0.25, 0.3) is 0 Å². The Labute approximate surface area is 110 Å². The fourth-order valence-electron chi connectivity index (χ4n) is 1.62. The van der Waals surface area contributed by atoms with Gasteiger partial charge in [-0.15, -0.1) is 0 Å². The van der Waals surface area contributed by atoms with Gasteiger partial charge in [0, 0.05) is 13.2 Å². The normalized spacial score (nSPS) is 10.2. The smallest absolute Gasteiger partial charge is 0.337 e. The van der Waals surface area contributed by atoms with Gasteiger partial charge >= 0.3 is 5.97 Å². The highest BCUT2D eigenvalue weighted by molar-refractivity contribution is 5.90. The standard InChI is InChI=1S/C13H15N3O3/c1-16-6-5-10(15-16)8-19-12-4-3-9(7-11(12)14)13(17)18-2/h3-7H,8,14H2,1-2H3. The van der Waals surface area contributed by atoms with E-state index in [1.165, 1.54) is 13.2 Å². The van der Waals surface area contributed by atoms with Crippen molar-refractivity contribution in [2.75, 3.05) is 12.8 Å². The fourth-order valence-corrected chi connectivity index (χ4v) is 1.62. The van der Waals surface area contributed by atoms with Crippen LogP contribution in [-0.2, 0) is 18.4 Å². The van der Waals surface area contributed by atoms with Crippen LogP contribution in [0.5, 0.6) is 5.75 Å². The summed E-state index contributed by atoms with van der Waals surface area (Å²) in [4.78, 5) is 11.3. The lowest BCUT2D eigenvalue weighted by Gasteiger charge is -2.08. The number of rotatable bonds is 4. The van der Waals surface area contributed by atoms with Gasteiger partial charge in [0.15, 0.2) is 0 Å². The molecule has 6 heteroatoms. The molecular formula is C13H15N3O3. The fraction of sp³-hybridized carbons (Fsp3) is 0.231. The van der Waals surface area contributed by atoms with E-state index in [1.54, 1.807) is 16.8 Å². The number of esters is 1. The molecule has 0 bridgehead atoms. The van der Waals surface area contributed by atoms with E-state index in [0.29, 0.717) is 23.6 Å². The molecule has 2 rings (SSSR count). The van der Waals surface area contributed by atoms with Crippen molar-refractivity contribution in [2.45, 2.75) is 6.61 Å². The number of nitrogen functional groups attached to an aromatic ring is 1. The molecule has 6 nitrogen and oxygen atoms in total. The van der Waals surface area contributed by atoms with Crippen LogP contribution in [0.3, 0.4) is 0 Å².